The van der Waals surface area contributed by atoms with Crippen LogP contribution in [0.15, 0.2) is 18.2 Å². The maximum Gasteiger partial charge on any atom is 0.356 e. The number of rotatable bonds is 4. The van der Waals surface area contributed by atoms with Crippen LogP contribution < -0.4 is 4.74 Å². The van der Waals surface area contributed by atoms with Gasteiger partial charge >= 0.3 is 5.97 Å². The van der Waals surface area contributed by atoms with Gasteiger partial charge in [-0.05, 0) is 50.1 Å². The summed E-state index contributed by atoms with van der Waals surface area (Å²) in [7, 11) is 1.34. The number of ether oxygens (including phenoxy) is 2. The Bertz CT molecular complexity index is 609. The average molecular weight is 274 g/mol. The zero-order chi connectivity index (χ0) is 14.7. The summed E-state index contributed by atoms with van der Waals surface area (Å²) < 4.78 is 10.3. The summed E-state index contributed by atoms with van der Waals surface area (Å²) in [4.78, 5) is 11.4. The van der Waals surface area contributed by atoms with Gasteiger partial charge in [-0.25, -0.2) is 4.79 Å². The van der Waals surface area contributed by atoms with Crippen molar-refractivity contribution < 1.29 is 14.3 Å². The molecule has 5 heteroatoms. The molecule has 1 aromatic heterocycles. The number of aromatic nitrogens is 2. The lowest BCUT2D eigenvalue weighted by Crippen LogP contribution is -2.00. The fourth-order valence-electron chi connectivity index (χ4n) is 2.15. The van der Waals surface area contributed by atoms with E-state index in [-0.39, 0.29) is 0 Å². The fourth-order valence-corrected chi connectivity index (χ4v) is 2.15. The SMILES string of the molecule is CCOc1c(C)cc(-c2cc(C(=O)OC)[nH]n2)cc1C. The lowest BCUT2D eigenvalue weighted by atomic mass is 10.0. The predicted octanol–water partition coefficient (Wildman–Crippen LogP) is 2.88. The highest BCUT2D eigenvalue weighted by atomic mass is 16.5. The normalized spacial score (nSPS) is 10.4. The Hall–Kier alpha value is -2.30. The highest BCUT2D eigenvalue weighted by Gasteiger charge is 2.13. The molecule has 0 atom stereocenters. The summed E-state index contributed by atoms with van der Waals surface area (Å²) in [5.41, 5.74) is 4.08. The minimum Gasteiger partial charge on any atom is -0.493 e. The van der Waals surface area contributed by atoms with Gasteiger partial charge in [0.05, 0.1) is 19.4 Å². The zero-order valence-electron chi connectivity index (χ0n) is 12.1. The molecule has 1 aromatic carbocycles. The third-order valence-corrected chi connectivity index (χ3v) is 3.03. The Morgan fingerprint density at radius 1 is 1.25 bits per heavy atom. The molecule has 20 heavy (non-hydrogen) atoms. The van der Waals surface area contributed by atoms with E-state index in [0.717, 1.165) is 22.4 Å². The van der Waals surface area contributed by atoms with Crippen LogP contribution >= 0.6 is 0 Å². The van der Waals surface area contributed by atoms with Gasteiger partial charge in [0.1, 0.15) is 11.4 Å². The van der Waals surface area contributed by atoms with Crippen LogP contribution in [-0.2, 0) is 4.74 Å². The summed E-state index contributed by atoms with van der Waals surface area (Å²) >= 11 is 0. The van der Waals surface area contributed by atoms with E-state index in [0.29, 0.717) is 18.0 Å². The Balaban J connectivity index is 2.38. The third kappa shape index (κ3) is 2.66. The number of carbonyl (C=O) groups is 1. The number of H-pyrrole nitrogens is 1. The Morgan fingerprint density at radius 2 is 1.90 bits per heavy atom. The zero-order valence-corrected chi connectivity index (χ0v) is 12.1. The van der Waals surface area contributed by atoms with Gasteiger partial charge in [0, 0.05) is 5.56 Å². The van der Waals surface area contributed by atoms with Gasteiger partial charge < -0.3 is 9.47 Å². The highest BCUT2D eigenvalue weighted by Crippen LogP contribution is 2.29. The van der Waals surface area contributed by atoms with Crippen molar-refractivity contribution in [2.24, 2.45) is 0 Å². The number of nitrogens with one attached hydrogen (secondary N) is 1. The van der Waals surface area contributed by atoms with Crippen molar-refractivity contribution in [1.82, 2.24) is 10.2 Å². The second-order valence-corrected chi connectivity index (χ2v) is 4.53. The van der Waals surface area contributed by atoms with E-state index >= 15 is 0 Å². The number of nitrogens with zero attached hydrogens (tertiary/aromatic N) is 1. The molecule has 0 aliphatic carbocycles. The molecule has 0 bridgehead atoms. The average Bonchev–Trinajstić information content (AvgIpc) is 2.91. The quantitative estimate of drug-likeness (QED) is 0.871. The van der Waals surface area contributed by atoms with Crippen molar-refractivity contribution in [1.29, 1.82) is 0 Å². The molecule has 1 N–H and O–H groups in total. The van der Waals surface area contributed by atoms with Crippen molar-refractivity contribution in [2.45, 2.75) is 20.8 Å². The summed E-state index contributed by atoms with van der Waals surface area (Å²) in [6.45, 7) is 6.59. The molecule has 0 spiro atoms. The summed E-state index contributed by atoms with van der Waals surface area (Å²) in [5.74, 6) is 0.475. The number of benzene rings is 1. The topological polar surface area (TPSA) is 64.2 Å². The van der Waals surface area contributed by atoms with Crippen molar-refractivity contribution in [2.75, 3.05) is 13.7 Å². The number of carbonyl (C=O) groups excluding carboxylic acids is 1. The van der Waals surface area contributed by atoms with Gasteiger partial charge in [-0.2, -0.15) is 5.10 Å². The third-order valence-electron chi connectivity index (χ3n) is 3.03. The Morgan fingerprint density at radius 3 is 2.45 bits per heavy atom. The molecule has 0 radical (unpaired) electrons. The second kappa shape index (κ2) is 5.77. The first-order chi connectivity index (χ1) is 9.56. The first kappa shape index (κ1) is 14.1. The molecule has 2 rings (SSSR count). The Labute approximate surface area is 117 Å². The van der Waals surface area contributed by atoms with E-state index in [1.807, 2.05) is 32.9 Å². The molecule has 106 valence electrons. The van der Waals surface area contributed by atoms with E-state index < -0.39 is 5.97 Å². The van der Waals surface area contributed by atoms with Crippen LogP contribution in [0.4, 0.5) is 0 Å². The first-order valence-corrected chi connectivity index (χ1v) is 6.45. The lowest BCUT2D eigenvalue weighted by Gasteiger charge is -2.11. The van der Waals surface area contributed by atoms with Gasteiger partial charge in [0.2, 0.25) is 0 Å². The van der Waals surface area contributed by atoms with Crippen molar-refractivity contribution in [3.05, 3.63) is 35.0 Å². The maximum absolute atomic E-state index is 11.4. The van der Waals surface area contributed by atoms with Crippen LogP contribution in [-0.4, -0.2) is 29.9 Å². The van der Waals surface area contributed by atoms with Crippen LogP contribution in [0.2, 0.25) is 0 Å². The first-order valence-electron chi connectivity index (χ1n) is 6.45. The molecule has 0 saturated carbocycles. The second-order valence-electron chi connectivity index (χ2n) is 4.53. The molecular weight excluding hydrogens is 256 g/mol. The molecule has 0 fully saturated rings. The summed E-state index contributed by atoms with van der Waals surface area (Å²) in [6, 6.07) is 5.67. The van der Waals surface area contributed by atoms with Gasteiger partial charge in [0.25, 0.3) is 0 Å². The van der Waals surface area contributed by atoms with E-state index in [1.165, 1.54) is 7.11 Å². The molecule has 0 aliphatic rings. The van der Waals surface area contributed by atoms with Gasteiger partial charge in [0.15, 0.2) is 0 Å². The predicted molar refractivity (Wildman–Crippen MR) is 76.0 cm³/mol. The minimum atomic E-state index is -0.428. The Kier molecular flexibility index (Phi) is 4.08. The number of hydrogen-bond donors (Lipinski definition) is 1. The largest absolute Gasteiger partial charge is 0.493 e. The minimum absolute atomic E-state index is 0.340. The van der Waals surface area contributed by atoms with E-state index in [1.54, 1.807) is 6.07 Å². The van der Waals surface area contributed by atoms with Crippen molar-refractivity contribution >= 4 is 5.97 Å². The molecule has 0 aliphatic heterocycles. The maximum atomic E-state index is 11.4. The van der Waals surface area contributed by atoms with Gasteiger partial charge in [-0.1, -0.05) is 0 Å². The van der Waals surface area contributed by atoms with Gasteiger partial charge in [-0.15, -0.1) is 0 Å². The molecule has 0 unspecified atom stereocenters. The summed E-state index contributed by atoms with van der Waals surface area (Å²) in [6.07, 6.45) is 0. The highest BCUT2D eigenvalue weighted by molar-refractivity contribution is 5.88. The van der Waals surface area contributed by atoms with E-state index in [2.05, 4.69) is 14.9 Å². The van der Waals surface area contributed by atoms with Crippen molar-refractivity contribution in [3.63, 3.8) is 0 Å². The summed E-state index contributed by atoms with van der Waals surface area (Å²) in [5, 5.41) is 6.82. The van der Waals surface area contributed by atoms with E-state index in [9.17, 15) is 4.79 Å². The van der Waals surface area contributed by atoms with Crippen LogP contribution in [0.3, 0.4) is 0 Å². The molecule has 0 saturated heterocycles. The molecule has 1 heterocycles. The fraction of sp³-hybridized carbons (Fsp3) is 0.333. The number of aryl methyl sites for hydroxylation is 2. The van der Waals surface area contributed by atoms with E-state index in [4.69, 9.17) is 4.74 Å². The lowest BCUT2D eigenvalue weighted by molar-refractivity contribution is 0.0594. The van der Waals surface area contributed by atoms with Crippen molar-refractivity contribution in [3.8, 4) is 17.0 Å². The molecular formula is C15H18N2O3. The number of aromatic amines is 1. The van der Waals surface area contributed by atoms with Crippen LogP contribution in [0.1, 0.15) is 28.5 Å². The van der Waals surface area contributed by atoms with Crippen LogP contribution in [0, 0.1) is 13.8 Å². The molecule has 2 aromatic rings. The van der Waals surface area contributed by atoms with Crippen LogP contribution in [0.25, 0.3) is 11.3 Å². The monoisotopic (exact) mass is 274 g/mol. The molecule has 0 amide bonds. The van der Waals surface area contributed by atoms with Crippen LogP contribution in [0.5, 0.6) is 5.75 Å². The van der Waals surface area contributed by atoms with Gasteiger partial charge in [-0.3, -0.25) is 5.10 Å². The number of hydrogen-bond acceptors (Lipinski definition) is 4. The standard InChI is InChI=1S/C15H18N2O3/c1-5-20-14-9(2)6-11(7-10(14)3)12-8-13(17-16-12)15(18)19-4/h6-8H,5H2,1-4H3,(H,16,17). The molecule has 5 nitrogen and oxygen atoms in total. The number of esters is 1. The smallest absolute Gasteiger partial charge is 0.356 e. The number of methoxy groups -OCH3 is 1.